The van der Waals surface area contributed by atoms with Crippen LogP contribution in [0.15, 0.2) is 18.2 Å². The number of ether oxygens (including phenoxy) is 1. The summed E-state index contributed by atoms with van der Waals surface area (Å²) in [7, 11) is 0. The van der Waals surface area contributed by atoms with Gasteiger partial charge in [0.25, 0.3) is 0 Å². The summed E-state index contributed by atoms with van der Waals surface area (Å²) >= 11 is 0. The van der Waals surface area contributed by atoms with Crippen molar-refractivity contribution in [2.75, 3.05) is 13.1 Å². The van der Waals surface area contributed by atoms with E-state index in [2.05, 4.69) is 10.6 Å². The molecule has 2 N–H and O–H groups in total. The molecule has 1 heterocycles. The standard InChI is InChI=1S/C9H18N2O2.C8H4F4O/c1-9(2,3)13-8(12)11-7-4-5-10-6-7;9-7-2-1-6(8(10,11)12)3-5(7)4-13/h7,10H,4-6H2,1-3H3,(H,11,12);1-4H/t7-;/m0./s1. The molecule has 0 saturated carbocycles. The third kappa shape index (κ3) is 7.81. The topological polar surface area (TPSA) is 67.4 Å². The van der Waals surface area contributed by atoms with Gasteiger partial charge in [0.05, 0.1) is 11.1 Å². The molecule has 0 aromatic heterocycles. The van der Waals surface area contributed by atoms with Crippen LogP contribution in [0.25, 0.3) is 0 Å². The molecular weight excluding hydrogens is 356 g/mol. The van der Waals surface area contributed by atoms with Crippen molar-refractivity contribution in [3.8, 4) is 0 Å². The van der Waals surface area contributed by atoms with Crippen molar-refractivity contribution >= 4 is 12.4 Å². The van der Waals surface area contributed by atoms with Crippen LogP contribution >= 0.6 is 0 Å². The molecule has 0 aliphatic carbocycles. The molecule has 146 valence electrons. The molecule has 1 aliphatic rings. The number of hydrogen-bond donors (Lipinski definition) is 2. The van der Waals surface area contributed by atoms with Gasteiger partial charge in [-0.15, -0.1) is 0 Å². The number of alkyl carbamates (subject to hydrolysis) is 1. The lowest BCUT2D eigenvalue weighted by atomic mass is 10.1. The number of halogens is 4. The van der Waals surface area contributed by atoms with Crippen molar-refractivity contribution < 1.29 is 31.9 Å². The minimum absolute atomic E-state index is 0.0462. The van der Waals surface area contributed by atoms with E-state index in [1.807, 2.05) is 20.8 Å². The van der Waals surface area contributed by atoms with Crippen LogP contribution in [0, 0.1) is 5.82 Å². The van der Waals surface area contributed by atoms with E-state index < -0.39 is 28.7 Å². The van der Waals surface area contributed by atoms with Crippen LogP contribution in [0.2, 0.25) is 0 Å². The van der Waals surface area contributed by atoms with E-state index in [9.17, 15) is 27.2 Å². The minimum Gasteiger partial charge on any atom is -0.444 e. The van der Waals surface area contributed by atoms with Gasteiger partial charge in [-0.2, -0.15) is 13.2 Å². The fraction of sp³-hybridized carbons (Fsp3) is 0.529. The number of aldehydes is 1. The predicted octanol–water partition coefficient (Wildman–Crippen LogP) is 3.53. The lowest BCUT2D eigenvalue weighted by Crippen LogP contribution is -2.40. The second kappa shape index (κ2) is 8.98. The molecule has 1 fully saturated rings. The van der Waals surface area contributed by atoms with Gasteiger partial charge in [-0.05, 0) is 51.9 Å². The molecule has 26 heavy (non-hydrogen) atoms. The molecule has 2 rings (SSSR count). The Morgan fingerprint density at radius 2 is 1.96 bits per heavy atom. The Hall–Kier alpha value is -2.16. The van der Waals surface area contributed by atoms with Crippen LogP contribution in [0.5, 0.6) is 0 Å². The maximum atomic E-state index is 12.6. The Morgan fingerprint density at radius 3 is 2.42 bits per heavy atom. The predicted molar refractivity (Wildman–Crippen MR) is 87.4 cm³/mol. The molecule has 1 aromatic carbocycles. The summed E-state index contributed by atoms with van der Waals surface area (Å²) in [6, 6.07) is 1.91. The highest BCUT2D eigenvalue weighted by molar-refractivity contribution is 5.75. The molecule has 1 saturated heterocycles. The summed E-state index contributed by atoms with van der Waals surface area (Å²) in [5.74, 6) is -0.956. The van der Waals surface area contributed by atoms with Crippen molar-refractivity contribution in [2.45, 2.75) is 45.0 Å². The Labute approximate surface area is 149 Å². The van der Waals surface area contributed by atoms with Crippen molar-refractivity contribution in [2.24, 2.45) is 0 Å². The van der Waals surface area contributed by atoms with E-state index in [4.69, 9.17) is 4.74 Å². The first kappa shape index (κ1) is 21.9. The third-order valence-electron chi connectivity index (χ3n) is 3.23. The van der Waals surface area contributed by atoms with Crippen LogP contribution in [-0.4, -0.2) is 37.1 Å². The number of amides is 1. The molecule has 0 unspecified atom stereocenters. The normalized spacial score (nSPS) is 17.1. The average molecular weight is 378 g/mol. The van der Waals surface area contributed by atoms with E-state index in [0.29, 0.717) is 18.2 Å². The van der Waals surface area contributed by atoms with Gasteiger partial charge in [-0.25, -0.2) is 9.18 Å². The fourth-order valence-electron chi connectivity index (χ4n) is 2.06. The molecule has 1 amide bonds. The fourth-order valence-corrected chi connectivity index (χ4v) is 2.06. The number of nitrogens with one attached hydrogen (secondary N) is 2. The van der Waals surface area contributed by atoms with Crippen molar-refractivity contribution in [3.05, 3.63) is 35.1 Å². The molecule has 5 nitrogen and oxygen atoms in total. The molecule has 0 radical (unpaired) electrons. The Kier molecular flexibility index (Phi) is 7.55. The van der Waals surface area contributed by atoms with Crippen molar-refractivity contribution in [3.63, 3.8) is 0 Å². The van der Waals surface area contributed by atoms with Gasteiger partial charge in [0, 0.05) is 12.6 Å². The largest absolute Gasteiger partial charge is 0.444 e. The van der Waals surface area contributed by atoms with Gasteiger partial charge in [-0.3, -0.25) is 4.79 Å². The first-order valence-electron chi connectivity index (χ1n) is 7.94. The lowest BCUT2D eigenvalue weighted by molar-refractivity contribution is -0.137. The smallest absolute Gasteiger partial charge is 0.416 e. The summed E-state index contributed by atoms with van der Waals surface area (Å²) in [4.78, 5) is 21.4. The lowest BCUT2D eigenvalue weighted by Gasteiger charge is -2.21. The van der Waals surface area contributed by atoms with Gasteiger partial charge in [0.15, 0.2) is 6.29 Å². The molecular formula is C17H22F4N2O3. The highest BCUT2D eigenvalue weighted by atomic mass is 19.4. The highest BCUT2D eigenvalue weighted by Crippen LogP contribution is 2.29. The minimum atomic E-state index is -4.55. The Bertz CT molecular complexity index is 621. The summed E-state index contributed by atoms with van der Waals surface area (Å²) in [6.07, 6.45) is -3.84. The van der Waals surface area contributed by atoms with Crippen molar-refractivity contribution in [1.29, 1.82) is 0 Å². The zero-order valence-corrected chi connectivity index (χ0v) is 14.7. The zero-order chi connectivity index (χ0) is 20.0. The van der Waals surface area contributed by atoms with Crippen LogP contribution in [0.1, 0.15) is 43.1 Å². The number of carbonyl (C=O) groups is 2. The quantitative estimate of drug-likeness (QED) is 0.610. The molecule has 1 atom stereocenters. The van der Waals surface area contributed by atoms with Crippen LogP contribution < -0.4 is 10.6 Å². The molecule has 0 bridgehead atoms. The van der Waals surface area contributed by atoms with Crippen LogP contribution in [0.4, 0.5) is 22.4 Å². The number of carbonyl (C=O) groups excluding carboxylic acids is 2. The monoisotopic (exact) mass is 378 g/mol. The van der Waals surface area contributed by atoms with Crippen LogP contribution in [-0.2, 0) is 10.9 Å². The van der Waals surface area contributed by atoms with E-state index in [-0.39, 0.29) is 18.4 Å². The maximum Gasteiger partial charge on any atom is 0.416 e. The average Bonchev–Trinajstić information content (AvgIpc) is 2.98. The van der Waals surface area contributed by atoms with Crippen molar-refractivity contribution in [1.82, 2.24) is 10.6 Å². The van der Waals surface area contributed by atoms with E-state index in [1.54, 1.807) is 0 Å². The van der Waals surface area contributed by atoms with Gasteiger partial charge in [0.1, 0.15) is 11.4 Å². The summed E-state index contributed by atoms with van der Waals surface area (Å²) in [5, 5.41) is 5.98. The van der Waals surface area contributed by atoms with Gasteiger partial charge in [-0.1, -0.05) is 0 Å². The molecule has 0 spiro atoms. The summed E-state index contributed by atoms with van der Waals surface area (Å²) < 4.78 is 53.7. The van der Waals surface area contributed by atoms with Gasteiger partial charge >= 0.3 is 12.3 Å². The highest BCUT2D eigenvalue weighted by Gasteiger charge is 2.31. The van der Waals surface area contributed by atoms with E-state index in [0.717, 1.165) is 19.5 Å². The summed E-state index contributed by atoms with van der Waals surface area (Å²) in [6.45, 7) is 7.40. The molecule has 1 aromatic rings. The summed E-state index contributed by atoms with van der Waals surface area (Å²) in [5.41, 5.74) is -2.03. The van der Waals surface area contributed by atoms with Crippen LogP contribution in [0.3, 0.4) is 0 Å². The first-order valence-corrected chi connectivity index (χ1v) is 7.94. The molecule has 9 heteroatoms. The maximum absolute atomic E-state index is 12.6. The Balaban J connectivity index is 0.000000260. The van der Waals surface area contributed by atoms with E-state index >= 15 is 0 Å². The van der Waals surface area contributed by atoms with E-state index in [1.165, 1.54) is 0 Å². The number of rotatable bonds is 2. The second-order valence-corrected chi connectivity index (χ2v) is 6.69. The second-order valence-electron chi connectivity index (χ2n) is 6.69. The van der Waals surface area contributed by atoms with Gasteiger partial charge in [0.2, 0.25) is 0 Å². The number of benzene rings is 1. The van der Waals surface area contributed by atoms with Gasteiger partial charge < -0.3 is 15.4 Å². The zero-order valence-electron chi connectivity index (χ0n) is 14.7. The first-order chi connectivity index (χ1) is 11.9. The molecule has 1 aliphatic heterocycles. The Morgan fingerprint density at radius 1 is 1.31 bits per heavy atom. The third-order valence-corrected chi connectivity index (χ3v) is 3.23. The number of alkyl halides is 3. The SMILES string of the molecule is CC(C)(C)OC(=O)N[C@H]1CCNC1.O=Cc1cc(C(F)(F)F)ccc1F. The number of hydrogen-bond acceptors (Lipinski definition) is 4.